The number of hydrogen-bond donors (Lipinski definition) is 1. The maximum atomic E-state index is 12.5. The van der Waals surface area contributed by atoms with Crippen LogP contribution in [-0.2, 0) is 0 Å². The lowest BCUT2D eigenvalue weighted by atomic mass is 10.4. The van der Waals surface area contributed by atoms with Crippen molar-refractivity contribution in [3.8, 4) is 0 Å². The smallest absolute Gasteiger partial charge is 0.284 e. The summed E-state index contributed by atoms with van der Waals surface area (Å²) in [5.41, 5.74) is 1.86. The predicted octanol–water partition coefficient (Wildman–Crippen LogP) is 2.68. The van der Waals surface area contributed by atoms with Gasteiger partial charge in [-0.1, -0.05) is 0 Å². The summed E-state index contributed by atoms with van der Waals surface area (Å²) in [7, 11) is 0. The van der Waals surface area contributed by atoms with Crippen LogP contribution in [0.1, 0.15) is 26.8 Å². The van der Waals surface area contributed by atoms with Crippen molar-refractivity contribution in [3.05, 3.63) is 40.2 Å². The Bertz CT molecular complexity index is 813. The molecule has 0 spiro atoms. The van der Waals surface area contributed by atoms with Crippen LogP contribution in [0.3, 0.4) is 0 Å². The van der Waals surface area contributed by atoms with Crippen molar-refractivity contribution in [1.82, 2.24) is 19.6 Å². The maximum absolute atomic E-state index is 12.5. The van der Waals surface area contributed by atoms with E-state index < -0.39 is 12.3 Å². The first-order chi connectivity index (χ1) is 10.0. The maximum Gasteiger partial charge on any atom is 0.284 e. The second-order valence-corrected chi connectivity index (χ2v) is 5.32. The second kappa shape index (κ2) is 5.17. The van der Waals surface area contributed by atoms with Crippen LogP contribution in [0, 0.1) is 6.92 Å². The predicted molar refractivity (Wildman–Crippen MR) is 72.7 cm³/mol. The van der Waals surface area contributed by atoms with E-state index in [2.05, 4.69) is 20.4 Å². The molecule has 3 aromatic heterocycles. The number of aromatic nitrogens is 4. The first-order valence-electron chi connectivity index (χ1n) is 5.90. The van der Waals surface area contributed by atoms with Crippen LogP contribution in [0.4, 0.5) is 14.5 Å². The highest BCUT2D eigenvalue weighted by molar-refractivity contribution is 7.13. The summed E-state index contributed by atoms with van der Waals surface area (Å²) >= 11 is 0.660. The van der Waals surface area contributed by atoms with Gasteiger partial charge in [0.05, 0.1) is 28.7 Å². The third-order valence-corrected chi connectivity index (χ3v) is 3.63. The van der Waals surface area contributed by atoms with Crippen molar-refractivity contribution >= 4 is 28.6 Å². The Labute approximate surface area is 121 Å². The van der Waals surface area contributed by atoms with Crippen LogP contribution in [0.2, 0.25) is 0 Å². The molecule has 0 radical (unpaired) electrons. The zero-order chi connectivity index (χ0) is 15.0. The molecule has 0 saturated carbocycles. The number of nitrogens with zero attached hydrogens (tertiary/aromatic N) is 4. The molecule has 0 aliphatic rings. The number of aryl methyl sites for hydroxylation is 1. The van der Waals surface area contributed by atoms with E-state index in [1.165, 1.54) is 10.7 Å². The van der Waals surface area contributed by atoms with Crippen molar-refractivity contribution in [2.75, 3.05) is 5.32 Å². The van der Waals surface area contributed by atoms with Gasteiger partial charge in [0.2, 0.25) is 0 Å². The van der Waals surface area contributed by atoms with Gasteiger partial charge in [0.25, 0.3) is 12.3 Å². The lowest BCUT2D eigenvalue weighted by Crippen LogP contribution is -2.12. The average Bonchev–Trinajstić information content (AvgIpc) is 3.03. The third kappa shape index (κ3) is 2.72. The highest BCUT2D eigenvalue weighted by Gasteiger charge is 2.16. The number of carbonyl (C=O) groups excluding carboxylic acids is 1. The van der Waals surface area contributed by atoms with Crippen molar-refractivity contribution in [1.29, 1.82) is 0 Å². The van der Waals surface area contributed by atoms with Gasteiger partial charge in [0, 0.05) is 12.3 Å². The number of anilines is 1. The van der Waals surface area contributed by atoms with Crippen molar-refractivity contribution in [3.63, 3.8) is 0 Å². The van der Waals surface area contributed by atoms with Gasteiger partial charge in [-0.2, -0.15) is 5.10 Å². The molecule has 0 aliphatic carbocycles. The zero-order valence-corrected chi connectivity index (χ0v) is 11.6. The third-order valence-electron chi connectivity index (χ3n) is 2.63. The van der Waals surface area contributed by atoms with E-state index in [1.807, 2.05) is 6.92 Å². The second-order valence-electron chi connectivity index (χ2n) is 4.25. The molecule has 3 rings (SSSR count). The lowest BCUT2D eigenvalue weighted by Gasteiger charge is -2.02. The molecular formula is C12H9F2N5OS. The van der Waals surface area contributed by atoms with Crippen LogP contribution in [0.15, 0.2) is 24.7 Å². The van der Waals surface area contributed by atoms with Crippen LogP contribution in [0.5, 0.6) is 0 Å². The van der Waals surface area contributed by atoms with Crippen LogP contribution in [-0.4, -0.2) is 25.5 Å². The Morgan fingerprint density at radius 1 is 1.38 bits per heavy atom. The molecule has 108 valence electrons. The number of thiazole rings is 1. The molecule has 3 aromatic rings. The molecule has 1 N–H and O–H groups in total. The Balaban J connectivity index is 1.81. The van der Waals surface area contributed by atoms with E-state index in [0.717, 1.165) is 11.9 Å². The molecule has 21 heavy (non-hydrogen) atoms. The summed E-state index contributed by atoms with van der Waals surface area (Å²) in [6.07, 6.45) is 1.43. The Kier molecular flexibility index (Phi) is 3.34. The molecule has 6 nitrogen and oxygen atoms in total. The van der Waals surface area contributed by atoms with E-state index in [4.69, 9.17) is 0 Å². The fourth-order valence-corrected chi connectivity index (χ4v) is 2.40. The van der Waals surface area contributed by atoms with Crippen LogP contribution >= 0.6 is 11.3 Å². The van der Waals surface area contributed by atoms with E-state index in [0.29, 0.717) is 22.7 Å². The summed E-state index contributed by atoms with van der Waals surface area (Å²) in [6.45, 7) is 1.83. The van der Waals surface area contributed by atoms with Gasteiger partial charge in [-0.3, -0.25) is 4.79 Å². The topological polar surface area (TPSA) is 72.2 Å². The summed E-state index contributed by atoms with van der Waals surface area (Å²) in [4.78, 5) is 19.5. The number of halogens is 2. The molecule has 0 aromatic carbocycles. The molecule has 0 aliphatic heterocycles. The first-order valence-corrected chi connectivity index (χ1v) is 6.72. The quantitative estimate of drug-likeness (QED) is 0.807. The fourth-order valence-electron chi connectivity index (χ4n) is 1.74. The highest BCUT2D eigenvalue weighted by Crippen LogP contribution is 2.25. The molecular weight excluding hydrogens is 300 g/mol. The SMILES string of the molecule is Cc1cc2ncc(NC(=O)c3ncc(C(F)F)s3)cn2n1. The monoisotopic (exact) mass is 309 g/mol. The average molecular weight is 309 g/mol. The normalized spacial score (nSPS) is 11.2. The Morgan fingerprint density at radius 3 is 2.90 bits per heavy atom. The number of hydrogen-bond acceptors (Lipinski definition) is 5. The Morgan fingerprint density at radius 2 is 2.19 bits per heavy atom. The molecule has 0 bridgehead atoms. The summed E-state index contributed by atoms with van der Waals surface area (Å²) in [6, 6.07) is 1.79. The van der Waals surface area contributed by atoms with Gasteiger partial charge < -0.3 is 5.32 Å². The van der Waals surface area contributed by atoms with Gasteiger partial charge in [0.1, 0.15) is 0 Å². The Hall–Kier alpha value is -2.42. The first kappa shape index (κ1) is 13.6. The molecule has 1 amide bonds. The number of amides is 1. The van der Waals surface area contributed by atoms with Gasteiger partial charge in [0.15, 0.2) is 10.7 Å². The number of carbonyl (C=O) groups is 1. The zero-order valence-electron chi connectivity index (χ0n) is 10.7. The van der Waals surface area contributed by atoms with Crippen LogP contribution in [0.25, 0.3) is 5.65 Å². The van der Waals surface area contributed by atoms with Gasteiger partial charge in [-0.15, -0.1) is 11.3 Å². The summed E-state index contributed by atoms with van der Waals surface area (Å²) < 4.78 is 26.5. The number of rotatable bonds is 3. The van der Waals surface area contributed by atoms with Crippen LogP contribution < -0.4 is 5.32 Å². The van der Waals surface area contributed by atoms with Crippen molar-refractivity contribution < 1.29 is 13.6 Å². The minimum Gasteiger partial charge on any atom is -0.317 e. The van der Waals surface area contributed by atoms with Crippen molar-refractivity contribution in [2.24, 2.45) is 0 Å². The van der Waals surface area contributed by atoms with E-state index in [9.17, 15) is 13.6 Å². The number of alkyl halides is 2. The molecule has 0 atom stereocenters. The fraction of sp³-hybridized carbons (Fsp3) is 0.167. The standard InChI is InChI=1S/C12H9F2N5OS/c1-6-2-9-15-3-7(5-19(9)18-6)17-11(20)12-16-4-8(21-12)10(13)14/h2-5,10H,1H3,(H,17,20). The van der Waals surface area contributed by atoms with E-state index >= 15 is 0 Å². The largest absolute Gasteiger partial charge is 0.317 e. The number of fused-ring (bicyclic) bond motifs is 1. The summed E-state index contributed by atoms with van der Waals surface area (Å²) in [5.74, 6) is -0.558. The van der Waals surface area contributed by atoms with E-state index in [-0.39, 0.29) is 9.88 Å². The van der Waals surface area contributed by atoms with Gasteiger partial charge in [-0.25, -0.2) is 23.3 Å². The lowest BCUT2D eigenvalue weighted by molar-refractivity contribution is 0.102. The van der Waals surface area contributed by atoms with E-state index in [1.54, 1.807) is 12.3 Å². The highest BCUT2D eigenvalue weighted by atomic mass is 32.1. The number of nitrogens with one attached hydrogen (secondary N) is 1. The minimum absolute atomic E-state index is 0.0259. The molecule has 0 fully saturated rings. The summed E-state index contributed by atoms with van der Waals surface area (Å²) in [5, 5.41) is 6.70. The molecule has 3 heterocycles. The molecule has 0 saturated heterocycles. The van der Waals surface area contributed by atoms with Crippen molar-refractivity contribution in [2.45, 2.75) is 13.3 Å². The molecule has 9 heteroatoms. The minimum atomic E-state index is -2.63. The van der Waals surface area contributed by atoms with Gasteiger partial charge >= 0.3 is 0 Å². The van der Waals surface area contributed by atoms with Gasteiger partial charge in [-0.05, 0) is 6.92 Å². The molecule has 0 unspecified atom stereocenters.